The molecule has 2 atom stereocenters. The van der Waals surface area contributed by atoms with Crippen molar-refractivity contribution < 1.29 is 0 Å². The molecule has 0 saturated carbocycles. The molecule has 144 valence electrons. The number of hydrogen-bond donors (Lipinski definition) is 2. The number of likely N-dealkylation sites (tertiary alicyclic amines) is 1. The molecule has 0 amide bonds. The summed E-state index contributed by atoms with van der Waals surface area (Å²) in [6.07, 6.45) is 5.38. The van der Waals surface area contributed by atoms with Crippen LogP contribution in [-0.2, 0) is 13.1 Å². The number of nitrogens with zero attached hydrogens (tertiary/aromatic N) is 2. The highest BCUT2D eigenvalue weighted by molar-refractivity contribution is 8.00. The van der Waals surface area contributed by atoms with Crippen molar-refractivity contribution in [2.24, 2.45) is 10.9 Å². The van der Waals surface area contributed by atoms with Gasteiger partial charge in [0.15, 0.2) is 5.96 Å². The van der Waals surface area contributed by atoms with Crippen LogP contribution in [0.1, 0.15) is 43.7 Å². The molecule has 2 saturated heterocycles. The summed E-state index contributed by atoms with van der Waals surface area (Å²) in [5.74, 6) is 3.05. The van der Waals surface area contributed by atoms with Gasteiger partial charge < -0.3 is 10.6 Å². The van der Waals surface area contributed by atoms with Gasteiger partial charge in [0.25, 0.3) is 0 Å². The quantitative estimate of drug-likeness (QED) is 0.591. The zero-order chi connectivity index (χ0) is 18.2. The van der Waals surface area contributed by atoms with Crippen LogP contribution in [0, 0.1) is 5.92 Å². The van der Waals surface area contributed by atoms with E-state index < -0.39 is 0 Å². The summed E-state index contributed by atoms with van der Waals surface area (Å²) in [6, 6.07) is 8.83. The van der Waals surface area contributed by atoms with E-state index in [2.05, 4.69) is 63.5 Å². The Morgan fingerprint density at radius 2 is 2.04 bits per heavy atom. The SMILES string of the molecule is CN=C(NCc1ccccc1CN1CCCC(C)C1)NCC1CCCS1. The van der Waals surface area contributed by atoms with Crippen LogP contribution in [0.4, 0.5) is 0 Å². The number of hydrogen-bond acceptors (Lipinski definition) is 3. The zero-order valence-electron chi connectivity index (χ0n) is 16.3. The van der Waals surface area contributed by atoms with Crippen LogP contribution >= 0.6 is 11.8 Å². The molecule has 2 aliphatic rings. The topological polar surface area (TPSA) is 39.7 Å². The highest BCUT2D eigenvalue weighted by atomic mass is 32.2. The van der Waals surface area contributed by atoms with Crippen molar-refractivity contribution in [2.75, 3.05) is 32.4 Å². The number of nitrogens with one attached hydrogen (secondary N) is 2. The second kappa shape index (κ2) is 10.2. The van der Waals surface area contributed by atoms with Gasteiger partial charge in [-0.2, -0.15) is 11.8 Å². The molecule has 2 unspecified atom stereocenters. The van der Waals surface area contributed by atoms with Crippen molar-refractivity contribution in [3.8, 4) is 0 Å². The predicted octanol–water partition coefficient (Wildman–Crippen LogP) is 3.48. The second-order valence-electron chi connectivity index (χ2n) is 7.69. The van der Waals surface area contributed by atoms with Gasteiger partial charge in [0.2, 0.25) is 0 Å². The predicted molar refractivity (Wildman–Crippen MR) is 114 cm³/mol. The maximum absolute atomic E-state index is 4.39. The summed E-state index contributed by atoms with van der Waals surface area (Å²) in [5, 5.41) is 7.74. The summed E-state index contributed by atoms with van der Waals surface area (Å²) in [7, 11) is 1.86. The van der Waals surface area contributed by atoms with Crippen LogP contribution < -0.4 is 10.6 Å². The third kappa shape index (κ3) is 5.92. The Kier molecular flexibility index (Phi) is 7.69. The van der Waals surface area contributed by atoms with E-state index in [-0.39, 0.29) is 0 Å². The number of piperidine rings is 1. The number of rotatable bonds is 6. The first kappa shape index (κ1) is 19.6. The lowest BCUT2D eigenvalue weighted by Gasteiger charge is -2.31. The van der Waals surface area contributed by atoms with Gasteiger partial charge in [-0.05, 0) is 55.0 Å². The molecule has 0 spiro atoms. The lowest BCUT2D eigenvalue weighted by molar-refractivity contribution is 0.176. The van der Waals surface area contributed by atoms with Gasteiger partial charge in [-0.3, -0.25) is 9.89 Å². The Hall–Kier alpha value is -1.20. The van der Waals surface area contributed by atoms with Gasteiger partial charge in [-0.25, -0.2) is 0 Å². The molecule has 0 aromatic heterocycles. The minimum Gasteiger partial charge on any atom is -0.355 e. The number of guanidine groups is 1. The monoisotopic (exact) mass is 374 g/mol. The molecule has 26 heavy (non-hydrogen) atoms. The molecule has 2 aliphatic heterocycles. The minimum atomic E-state index is 0.738. The molecule has 1 aromatic carbocycles. The highest BCUT2D eigenvalue weighted by Crippen LogP contribution is 2.25. The molecule has 5 heteroatoms. The third-order valence-electron chi connectivity index (χ3n) is 5.44. The normalized spacial score (nSPS) is 24.6. The van der Waals surface area contributed by atoms with Crippen molar-refractivity contribution in [3.63, 3.8) is 0 Å². The van der Waals surface area contributed by atoms with Gasteiger partial charge in [-0.15, -0.1) is 0 Å². The van der Waals surface area contributed by atoms with Crippen molar-refractivity contribution in [3.05, 3.63) is 35.4 Å². The average molecular weight is 375 g/mol. The molecule has 3 rings (SSSR count). The van der Waals surface area contributed by atoms with Crippen molar-refractivity contribution >= 4 is 17.7 Å². The maximum Gasteiger partial charge on any atom is 0.191 e. The Morgan fingerprint density at radius 1 is 1.19 bits per heavy atom. The fourth-order valence-corrected chi connectivity index (χ4v) is 5.17. The number of benzene rings is 1. The van der Waals surface area contributed by atoms with E-state index in [4.69, 9.17) is 0 Å². The molecule has 4 nitrogen and oxygen atoms in total. The molecular weight excluding hydrogens is 340 g/mol. The van der Waals surface area contributed by atoms with E-state index in [0.29, 0.717) is 0 Å². The maximum atomic E-state index is 4.39. The molecule has 2 heterocycles. The van der Waals surface area contributed by atoms with Crippen LogP contribution in [0.3, 0.4) is 0 Å². The fraction of sp³-hybridized carbons (Fsp3) is 0.667. The van der Waals surface area contributed by atoms with Crippen molar-refractivity contribution in [1.82, 2.24) is 15.5 Å². The van der Waals surface area contributed by atoms with Gasteiger partial charge >= 0.3 is 0 Å². The molecule has 1 aromatic rings. The van der Waals surface area contributed by atoms with E-state index in [1.54, 1.807) is 0 Å². The van der Waals surface area contributed by atoms with E-state index in [9.17, 15) is 0 Å². The largest absolute Gasteiger partial charge is 0.355 e. The molecule has 2 N–H and O–H groups in total. The number of aliphatic imine (C=N–C) groups is 1. The standard InChI is InChI=1S/C21H34N4S/c1-17-7-5-11-25(15-17)16-19-9-4-3-8-18(19)13-23-21(22-2)24-14-20-10-6-12-26-20/h3-4,8-9,17,20H,5-7,10-16H2,1-2H3,(H2,22,23,24). The van der Waals surface area contributed by atoms with E-state index in [0.717, 1.165) is 36.8 Å². The summed E-state index contributed by atoms with van der Waals surface area (Å²) < 4.78 is 0. The van der Waals surface area contributed by atoms with Crippen LogP contribution in [0.15, 0.2) is 29.3 Å². The van der Waals surface area contributed by atoms with Crippen LogP contribution in [-0.4, -0.2) is 48.5 Å². The summed E-state index contributed by atoms with van der Waals surface area (Å²) in [5.41, 5.74) is 2.82. The van der Waals surface area contributed by atoms with Gasteiger partial charge in [-0.1, -0.05) is 31.2 Å². The van der Waals surface area contributed by atoms with Gasteiger partial charge in [0, 0.05) is 38.5 Å². The van der Waals surface area contributed by atoms with Crippen molar-refractivity contribution in [2.45, 2.75) is 50.9 Å². The zero-order valence-corrected chi connectivity index (χ0v) is 17.2. The highest BCUT2D eigenvalue weighted by Gasteiger charge is 2.18. The Balaban J connectivity index is 1.51. The Bertz CT molecular complexity index is 583. The Morgan fingerprint density at radius 3 is 2.77 bits per heavy atom. The molecule has 0 bridgehead atoms. The molecule has 0 radical (unpaired) electrons. The fourth-order valence-electron chi connectivity index (χ4n) is 3.97. The van der Waals surface area contributed by atoms with Crippen molar-refractivity contribution in [1.29, 1.82) is 0 Å². The number of thioether (sulfide) groups is 1. The molecule has 0 aliphatic carbocycles. The average Bonchev–Trinajstić information content (AvgIpc) is 3.17. The summed E-state index contributed by atoms with van der Waals surface area (Å²) in [4.78, 5) is 7.00. The first-order valence-corrected chi connectivity index (χ1v) is 11.1. The van der Waals surface area contributed by atoms with Crippen LogP contribution in [0.2, 0.25) is 0 Å². The van der Waals surface area contributed by atoms with Crippen LogP contribution in [0.5, 0.6) is 0 Å². The van der Waals surface area contributed by atoms with Crippen LogP contribution in [0.25, 0.3) is 0 Å². The summed E-state index contributed by atoms with van der Waals surface area (Å²) in [6.45, 7) is 7.73. The lowest BCUT2D eigenvalue weighted by Crippen LogP contribution is -2.40. The molecule has 2 fully saturated rings. The van der Waals surface area contributed by atoms with E-state index in [1.165, 1.54) is 55.7 Å². The Labute approximate surface area is 163 Å². The van der Waals surface area contributed by atoms with Gasteiger partial charge in [0.05, 0.1) is 0 Å². The third-order valence-corrected chi connectivity index (χ3v) is 6.84. The summed E-state index contributed by atoms with van der Waals surface area (Å²) >= 11 is 2.08. The minimum absolute atomic E-state index is 0.738. The van der Waals surface area contributed by atoms with Gasteiger partial charge in [0.1, 0.15) is 0 Å². The van der Waals surface area contributed by atoms with E-state index >= 15 is 0 Å². The lowest BCUT2D eigenvalue weighted by atomic mass is 9.99. The van der Waals surface area contributed by atoms with E-state index in [1.807, 2.05) is 7.05 Å². The first-order chi connectivity index (χ1) is 12.7. The first-order valence-electron chi connectivity index (χ1n) is 10.1. The molecular formula is C21H34N4S. The second-order valence-corrected chi connectivity index (χ2v) is 9.10. The smallest absolute Gasteiger partial charge is 0.191 e.